The predicted octanol–water partition coefficient (Wildman–Crippen LogP) is 2.08. The molecule has 70 valence electrons. The van der Waals surface area contributed by atoms with Crippen molar-refractivity contribution in [1.29, 1.82) is 5.26 Å². The van der Waals surface area contributed by atoms with Crippen LogP contribution in [-0.2, 0) is 10.8 Å². The summed E-state index contributed by atoms with van der Waals surface area (Å²) in [5.74, 6) is 2.12. The molecule has 1 unspecified atom stereocenters. The molecule has 1 atom stereocenters. The topological polar surface area (TPSA) is 40.9 Å². The molecule has 3 heteroatoms. The minimum Gasteiger partial charge on any atom is -0.260 e. The lowest BCUT2D eigenvalue weighted by molar-refractivity contribution is 0.618. The van der Waals surface area contributed by atoms with Crippen molar-refractivity contribution in [1.82, 2.24) is 0 Å². The third-order valence-electron chi connectivity index (χ3n) is 1.58. The minimum absolute atomic E-state index is 0.535. The van der Waals surface area contributed by atoms with Crippen LogP contribution in [0.2, 0.25) is 0 Å². The van der Waals surface area contributed by atoms with Gasteiger partial charge in [0, 0.05) is 28.7 Å². The van der Waals surface area contributed by atoms with Crippen LogP contribution in [0.3, 0.4) is 0 Å². The van der Waals surface area contributed by atoms with Crippen LogP contribution in [0.1, 0.15) is 33.1 Å². The van der Waals surface area contributed by atoms with E-state index in [4.69, 9.17) is 5.26 Å². The van der Waals surface area contributed by atoms with Gasteiger partial charge in [-0.15, -0.1) is 0 Å². The Morgan fingerprint density at radius 1 is 1.42 bits per heavy atom. The normalized spacial score (nSPS) is 12.8. The zero-order valence-electron chi connectivity index (χ0n) is 7.88. The minimum atomic E-state index is -0.693. The van der Waals surface area contributed by atoms with E-state index >= 15 is 0 Å². The summed E-state index contributed by atoms with van der Waals surface area (Å²) < 4.78 is 11.2. The van der Waals surface area contributed by atoms with E-state index in [9.17, 15) is 4.21 Å². The molecule has 0 N–H and O–H groups in total. The van der Waals surface area contributed by atoms with Crippen molar-refractivity contribution in [2.24, 2.45) is 5.92 Å². The van der Waals surface area contributed by atoms with Crippen molar-refractivity contribution >= 4 is 10.8 Å². The van der Waals surface area contributed by atoms with Crippen molar-refractivity contribution in [3.8, 4) is 6.07 Å². The Bertz CT molecular complexity index is 172. The van der Waals surface area contributed by atoms with E-state index in [1.54, 1.807) is 0 Å². The average Bonchev–Trinajstić information content (AvgIpc) is 2.01. The molecule has 0 aromatic heterocycles. The SMILES string of the molecule is CC(C)CCS(=O)CCCC#N. The summed E-state index contributed by atoms with van der Waals surface area (Å²) in [5.41, 5.74) is 0. The Morgan fingerprint density at radius 2 is 2.08 bits per heavy atom. The maximum Gasteiger partial charge on any atom is 0.0622 e. The predicted molar refractivity (Wildman–Crippen MR) is 52.2 cm³/mol. The monoisotopic (exact) mass is 187 g/mol. The van der Waals surface area contributed by atoms with Crippen molar-refractivity contribution < 1.29 is 4.21 Å². The maximum atomic E-state index is 11.2. The second kappa shape index (κ2) is 7.30. The molecule has 0 aliphatic heterocycles. The Labute approximate surface area is 77.4 Å². The summed E-state index contributed by atoms with van der Waals surface area (Å²) in [6.07, 6.45) is 2.34. The fourth-order valence-electron chi connectivity index (χ4n) is 0.781. The molecule has 0 saturated heterocycles. The van der Waals surface area contributed by atoms with Crippen molar-refractivity contribution in [2.45, 2.75) is 33.1 Å². The Balaban J connectivity index is 3.29. The fraction of sp³-hybridized carbons (Fsp3) is 0.889. The van der Waals surface area contributed by atoms with Gasteiger partial charge < -0.3 is 0 Å². The second-order valence-electron chi connectivity index (χ2n) is 3.29. The summed E-state index contributed by atoms with van der Waals surface area (Å²) in [4.78, 5) is 0. The van der Waals surface area contributed by atoms with Gasteiger partial charge in [0.1, 0.15) is 0 Å². The number of hydrogen-bond acceptors (Lipinski definition) is 2. The molecule has 0 aromatic rings. The largest absolute Gasteiger partial charge is 0.260 e. The van der Waals surface area contributed by atoms with E-state index in [0.717, 1.165) is 18.6 Å². The molecule has 12 heavy (non-hydrogen) atoms. The zero-order valence-corrected chi connectivity index (χ0v) is 8.69. The van der Waals surface area contributed by atoms with Crippen LogP contribution in [0.5, 0.6) is 0 Å². The lowest BCUT2D eigenvalue weighted by Crippen LogP contribution is -2.05. The first kappa shape index (κ1) is 11.6. The smallest absolute Gasteiger partial charge is 0.0622 e. The summed E-state index contributed by atoms with van der Waals surface area (Å²) in [6.45, 7) is 4.26. The van der Waals surface area contributed by atoms with Gasteiger partial charge in [0.2, 0.25) is 0 Å². The first-order chi connectivity index (χ1) is 5.66. The number of hydrogen-bond donors (Lipinski definition) is 0. The lowest BCUT2D eigenvalue weighted by Gasteiger charge is -2.03. The Hall–Kier alpha value is -0.360. The van der Waals surface area contributed by atoms with E-state index in [1.165, 1.54) is 0 Å². The van der Waals surface area contributed by atoms with Crippen molar-refractivity contribution in [3.63, 3.8) is 0 Å². The van der Waals surface area contributed by atoms with Gasteiger partial charge in [-0.25, -0.2) is 0 Å². The summed E-state index contributed by atoms with van der Waals surface area (Å²) in [7, 11) is -0.693. The molecule has 2 nitrogen and oxygen atoms in total. The molecule has 0 rings (SSSR count). The van der Waals surface area contributed by atoms with Crippen LogP contribution in [0, 0.1) is 17.2 Å². The molecule has 0 aliphatic rings. The number of unbranched alkanes of at least 4 members (excludes halogenated alkanes) is 1. The lowest BCUT2D eigenvalue weighted by atomic mass is 10.2. The van der Waals surface area contributed by atoms with Crippen LogP contribution in [-0.4, -0.2) is 15.7 Å². The third kappa shape index (κ3) is 7.74. The highest BCUT2D eigenvalue weighted by Crippen LogP contribution is 2.02. The van der Waals surface area contributed by atoms with Crippen LogP contribution in [0.4, 0.5) is 0 Å². The quantitative estimate of drug-likeness (QED) is 0.597. The van der Waals surface area contributed by atoms with Crippen LogP contribution < -0.4 is 0 Å². The van der Waals surface area contributed by atoms with Gasteiger partial charge in [0.15, 0.2) is 0 Å². The fourth-order valence-corrected chi connectivity index (χ4v) is 2.19. The molecule has 0 spiro atoms. The summed E-state index contributed by atoms with van der Waals surface area (Å²) in [5, 5.41) is 8.25. The molecule has 0 radical (unpaired) electrons. The van der Waals surface area contributed by atoms with E-state index in [1.807, 2.05) is 0 Å². The number of rotatable bonds is 6. The Morgan fingerprint density at radius 3 is 2.58 bits per heavy atom. The average molecular weight is 187 g/mol. The van der Waals surface area contributed by atoms with Gasteiger partial charge in [0.25, 0.3) is 0 Å². The first-order valence-corrected chi connectivity index (χ1v) is 5.87. The van der Waals surface area contributed by atoms with Gasteiger partial charge in [-0.2, -0.15) is 5.26 Å². The number of nitriles is 1. The van der Waals surface area contributed by atoms with Crippen LogP contribution >= 0.6 is 0 Å². The molecule has 0 aromatic carbocycles. The molecule has 0 amide bonds. The standard InChI is InChI=1S/C9H17NOS/c1-9(2)5-8-12(11)7-4-3-6-10/h9H,3-5,7-8H2,1-2H3. The second-order valence-corrected chi connectivity index (χ2v) is 4.99. The number of nitrogens with zero attached hydrogens (tertiary/aromatic N) is 1. The van der Waals surface area contributed by atoms with E-state index in [-0.39, 0.29) is 0 Å². The zero-order chi connectivity index (χ0) is 9.40. The van der Waals surface area contributed by atoms with Crippen molar-refractivity contribution in [2.75, 3.05) is 11.5 Å². The highest BCUT2D eigenvalue weighted by molar-refractivity contribution is 7.84. The van der Waals surface area contributed by atoms with E-state index in [0.29, 0.717) is 18.1 Å². The molecule has 0 saturated carbocycles. The van der Waals surface area contributed by atoms with Gasteiger partial charge in [0.05, 0.1) is 6.07 Å². The maximum absolute atomic E-state index is 11.2. The molecule has 0 bridgehead atoms. The first-order valence-electron chi connectivity index (χ1n) is 4.38. The Kier molecular flexibility index (Phi) is 7.08. The van der Waals surface area contributed by atoms with Crippen molar-refractivity contribution in [3.05, 3.63) is 0 Å². The molecular weight excluding hydrogens is 170 g/mol. The van der Waals surface area contributed by atoms with E-state index < -0.39 is 10.8 Å². The highest BCUT2D eigenvalue weighted by atomic mass is 32.2. The summed E-state index contributed by atoms with van der Waals surface area (Å²) >= 11 is 0. The molecule has 0 aliphatic carbocycles. The summed E-state index contributed by atoms with van der Waals surface area (Å²) in [6, 6.07) is 2.05. The van der Waals surface area contributed by atoms with Gasteiger partial charge in [-0.3, -0.25) is 4.21 Å². The van der Waals surface area contributed by atoms with E-state index in [2.05, 4.69) is 19.9 Å². The van der Waals surface area contributed by atoms with Gasteiger partial charge in [-0.05, 0) is 18.8 Å². The van der Waals surface area contributed by atoms with Crippen LogP contribution in [0.25, 0.3) is 0 Å². The van der Waals surface area contributed by atoms with Gasteiger partial charge in [-0.1, -0.05) is 13.8 Å². The molecule has 0 fully saturated rings. The third-order valence-corrected chi connectivity index (χ3v) is 3.02. The molecule has 0 heterocycles. The molecular formula is C9H17NOS. The van der Waals surface area contributed by atoms with Gasteiger partial charge >= 0.3 is 0 Å². The van der Waals surface area contributed by atoms with Crippen LogP contribution in [0.15, 0.2) is 0 Å². The highest BCUT2D eigenvalue weighted by Gasteiger charge is 2.01.